The minimum absolute atomic E-state index is 0.135. The predicted molar refractivity (Wildman–Crippen MR) is 67.2 cm³/mol. The SMILES string of the molecule is NC1CCN(c2n[nH]c(-c3ccc(=O)[nH]c3)n2)C1. The van der Waals surface area contributed by atoms with E-state index in [9.17, 15) is 4.79 Å². The standard InChI is InChI=1S/C11H14N6O/c12-8-3-4-17(6-8)11-14-10(15-16-11)7-1-2-9(18)13-5-7/h1-2,5,8H,3-4,6,12H2,(H,13,18)(H,14,15,16). The molecule has 4 N–H and O–H groups in total. The molecule has 2 aromatic rings. The van der Waals surface area contributed by atoms with Crippen LogP contribution < -0.4 is 16.2 Å². The number of nitrogens with zero attached hydrogens (tertiary/aromatic N) is 3. The third-order valence-electron chi connectivity index (χ3n) is 3.04. The lowest BCUT2D eigenvalue weighted by molar-refractivity contribution is 0.750. The van der Waals surface area contributed by atoms with Crippen LogP contribution in [0.3, 0.4) is 0 Å². The molecule has 0 bridgehead atoms. The van der Waals surface area contributed by atoms with Crippen molar-refractivity contribution in [2.45, 2.75) is 12.5 Å². The maximum absolute atomic E-state index is 11.0. The lowest BCUT2D eigenvalue weighted by atomic mass is 10.3. The van der Waals surface area contributed by atoms with E-state index in [1.165, 1.54) is 6.07 Å². The molecule has 1 saturated heterocycles. The number of H-pyrrole nitrogens is 2. The molecule has 2 aromatic heterocycles. The van der Waals surface area contributed by atoms with E-state index in [1.54, 1.807) is 12.3 Å². The van der Waals surface area contributed by atoms with Gasteiger partial charge in [0, 0.05) is 37.0 Å². The van der Waals surface area contributed by atoms with Crippen LogP contribution in [0.1, 0.15) is 6.42 Å². The smallest absolute Gasteiger partial charge is 0.247 e. The average molecular weight is 246 g/mol. The van der Waals surface area contributed by atoms with E-state index in [1.807, 2.05) is 0 Å². The first-order chi connectivity index (χ1) is 8.72. The number of nitrogens with two attached hydrogens (primary N) is 1. The number of nitrogens with one attached hydrogen (secondary N) is 2. The molecule has 0 radical (unpaired) electrons. The quantitative estimate of drug-likeness (QED) is 0.674. The van der Waals surface area contributed by atoms with Gasteiger partial charge >= 0.3 is 0 Å². The Labute approximate surface area is 103 Å². The van der Waals surface area contributed by atoms with Crippen LogP contribution in [0.15, 0.2) is 23.1 Å². The van der Waals surface area contributed by atoms with Crippen LogP contribution in [-0.2, 0) is 0 Å². The Morgan fingerprint density at radius 1 is 1.44 bits per heavy atom. The molecule has 3 rings (SSSR count). The molecule has 0 amide bonds. The first kappa shape index (κ1) is 11.0. The number of anilines is 1. The van der Waals surface area contributed by atoms with E-state index in [-0.39, 0.29) is 11.6 Å². The Kier molecular flexibility index (Phi) is 2.60. The van der Waals surface area contributed by atoms with Crippen LogP contribution in [0.2, 0.25) is 0 Å². The van der Waals surface area contributed by atoms with Crippen LogP contribution in [0.4, 0.5) is 5.95 Å². The maximum atomic E-state index is 11.0. The number of aromatic nitrogens is 4. The molecule has 1 fully saturated rings. The zero-order valence-corrected chi connectivity index (χ0v) is 9.76. The third-order valence-corrected chi connectivity index (χ3v) is 3.04. The van der Waals surface area contributed by atoms with Crippen molar-refractivity contribution in [3.05, 3.63) is 28.7 Å². The lowest BCUT2D eigenvalue weighted by Crippen LogP contribution is -2.26. The fourth-order valence-electron chi connectivity index (χ4n) is 2.05. The molecule has 7 nitrogen and oxygen atoms in total. The maximum Gasteiger partial charge on any atom is 0.247 e. The molecular weight excluding hydrogens is 232 g/mol. The predicted octanol–water partition coefficient (Wildman–Crippen LogP) is -0.303. The van der Waals surface area contributed by atoms with Gasteiger partial charge in [-0.3, -0.25) is 9.89 Å². The largest absolute Gasteiger partial charge is 0.338 e. The molecule has 0 spiro atoms. The summed E-state index contributed by atoms with van der Waals surface area (Å²) in [6.45, 7) is 1.66. The Hall–Kier alpha value is -2.15. The molecule has 1 aliphatic rings. The fraction of sp³-hybridized carbons (Fsp3) is 0.364. The second kappa shape index (κ2) is 4.26. The van der Waals surface area contributed by atoms with Crippen molar-refractivity contribution in [3.63, 3.8) is 0 Å². The third kappa shape index (κ3) is 2.00. The van der Waals surface area contributed by atoms with Crippen molar-refractivity contribution in [2.75, 3.05) is 18.0 Å². The molecule has 0 saturated carbocycles. The van der Waals surface area contributed by atoms with Gasteiger partial charge in [0.15, 0.2) is 5.82 Å². The van der Waals surface area contributed by atoms with Gasteiger partial charge in [-0.15, -0.1) is 5.10 Å². The van der Waals surface area contributed by atoms with Crippen molar-refractivity contribution < 1.29 is 0 Å². The number of pyridine rings is 1. The number of hydrogen-bond acceptors (Lipinski definition) is 5. The van der Waals surface area contributed by atoms with Crippen LogP contribution in [-0.4, -0.2) is 39.3 Å². The normalized spacial score (nSPS) is 19.4. The summed E-state index contributed by atoms with van der Waals surface area (Å²) < 4.78 is 0. The van der Waals surface area contributed by atoms with Crippen LogP contribution >= 0.6 is 0 Å². The van der Waals surface area contributed by atoms with E-state index >= 15 is 0 Å². The highest BCUT2D eigenvalue weighted by Gasteiger charge is 2.22. The van der Waals surface area contributed by atoms with Crippen LogP contribution in [0.5, 0.6) is 0 Å². The van der Waals surface area contributed by atoms with E-state index in [0.717, 1.165) is 25.1 Å². The Morgan fingerprint density at radius 2 is 2.33 bits per heavy atom. The number of hydrogen-bond donors (Lipinski definition) is 3. The number of rotatable bonds is 2. The minimum Gasteiger partial charge on any atom is -0.338 e. The Balaban J connectivity index is 1.85. The Bertz CT molecular complexity index is 583. The highest BCUT2D eigenvalue weighted by Crippen LogP contribution is 2.18. The van der Waals surface area contributed by atoms with E-state index in [4.69, 9.17) is 5.73 Å². The van der Waals surface area contributed by atoms with Crippen molar-refractivity contribution in [3.8, 4) is 11.4 Å². The molecule has 18 heavy (non-hydrogen) atoms. The molecule has 7 heteroatoms. The lowest BCUT2D eigenvalue weighted by Gasteiger charge is -2.11. The van der Waals surface area contributed by atoms with Crippen molar-refractivity contribution in [1.29, 1.82) is 0 Å². The van der Waals surface area contributed by atoms with E-state index in [2.05, 4.69) is 25.1 Å². The van der Waals surface area contributed by atoms with Gasteiger partial charge in [-0.05, 0) is 12.5 Å². The summed E-state index contributed by atoms with van der Waals surface area (Å²) >= 11 is 0. The van der Waals surface area contributed by atoms with Crippen molar-refractivity contribution in [1.82, 2.24) is 20.2 Å². The van der Waals surface area contributed by atoms with Crippen molar-refractivity contribution >= 4 is 5.95 Å². The molecule has 0 aromatic carbocycles. The molecule has 94 valence electrons. The highest BCUT2D eigenvalue weighted by molar-refractivity contribution is 5.54. The fourth-order valence-corrected chi connectivity index (χ4v) is 2.05. The summed E-state index contributed by atoms with van der Waals surface area (Å²) in [5.41, 5.74) is 6.52. The first-order valence-corrected chi connectivity index (χ1v) is 5.84. The molecular formula is C11H14N6O. The van der Waals surface area contributed by atoms with Gasteiger partial charge in [0.2, 0.25) is 11.5 Å². The Morgan fingerprint density at radius 3 is 3.00 bits per heavy atom. The molecule has 1 atom stereocenters. The summed E-state index contributed by atoms with van der Waals surface area (Å²) in [6.07, 6.45) is 2.57. The zero-order chi connectivity index (χ0) is 12.5. The zero-order valence-electron chi connectivity index (χ0n) is 9.76. The monoisotopic (exact) mass is 246 g/mol. The summed E-state index contributed by atoms with van der Waals surface area (Å²) in [7, 11) is 0. The van der Waals surface area contributed by atoms with Crippen LogP contribution in [0, 0.1) is 0 Å². The number of aromatic amines is 2. The van der Waals surface area contributed by atoms with Gasteiger partial charge in [-0.25, -0.2) is 0 Å². The molecule has 3 heterocycles. The molecule has 1 aliphatic heterocycles. The minimum atomic E-state index is -0.135. The van der Waals surface area contributed by atoms with Gasteiger partial charge in [-0.1, -0.05) is 0 Å². The average Bonchev–Trinajstić information content (AvgIpc) is 2.98. The summed E-state index contributed by atoms with van der Waals surface area (Å²) in [5, 5.41) is 7.04. The second-order valence-corrected chi connectivity index (χ2v) is 4.42. The van der Waals surface area contributed by atoms with E-state index < -0.39 is 0 Å². The highest BCUT2D eigenvalue weighted by atomic mass is 16.1. The topological polar surface area (TPSA) is 104 Å². The van der Waals surface area contributed by atoms with E-state index in [0.29, 0.717) is 11.8 Å². The molecule has 0 aliphatic carbocycles. The van der Waals surface area contributed by atoms with Gasteiger partial charge in [-0.2, -0.15) is 4.98 Å². The van der Waals surface area contributed by atoms with Gasteiger partial charge in [0.1, 0.15) is 0 Å². The summed E-state index contributed by atoms with van der Waals surface area (Å²) in [5.74, 6) is 1.30. The molecule has 1 unspecified atom stereocenters. The van der Waals surface area contributed by atoms with Gasteiger partial charge < -0.3 is 15.6 Å². The van der Waals surface area contributed by atoms with Crippen LogP contribution in [0.25, 0.3) is 11.4 Å². The van der Waals surface area contributed by atoms with Gasteiger partial charge in [0.05, 0.1) is 0 Å². The second-order valence-electron chi connectivity index (χ2n) is 4.42. The van der Waals surface area contributed by atoms with Gasteiger partial charge in [0.25, 0.3) is 0 Å². The summed E-state index contributed by atoms with van der Waals surface area (Å²) in [6, 6.07) is 3.36. The first-order valence-electron chi connectivity index (χ1n) is 5.84. The van der Waals surface area contributed by atoms with Crippen molar-refractivity contribution in [2.24, 2.45) is 5.73 Å². The summed E-state index contributed by atoms with van der Waals surface area (Å²) in [4.78, 5) is 20.0.